The molecule has 0 aliphatic heterocycles. The minimum Gasteiger partial charge on any atom is -0.345 e. The number of carbonyl (C=O) groups excluding carboxylic acids is 5. The molecule has 0 aromatic rings. The lowest BCUT2D eigenvalue weighted by Crippen LogP contribution is -2.57. The number of rotatable bonds is 14. The van der Waals surface area contributed by atoms with Crippen LogP contribution in [0.15, 0.2) is 0 Å². The van der Waals surface area contributed by atoms with Gasteiger partial charge >= 0.3 is 0 Å². The minimum absolute atomic E-state index is 0.0362. The molecule has 0 bridgehead atoms. The van der Waals surface area contributed by atoms with Gasteiger partial charge in [-0.1, -0.05) is 54.4 Å². The summed E-state index contributed by atoms with van der Waals surface area (Å²) in [5, 5.41) is 7.70. The van der Waals surface area contributed by atoms with Gasteiger partial charge < -0.3 is 25.6 Å². The molecule has 9 heteroatoms. The van der Waals surface area contributed by atoms with Gasteiger partial charge in [-0.05, 0) is 24.7 Å². The Morgan fingerprint density at radius 1 is 0.969 bits per heavy atom. The average molecular weight is 455 g/mol. The van der Waals surface area contributed by atoms with E-state index < -0.39 is 29.3 Å². The van der Waals surface area contributed by atoms with E-state index in [9.17, 15) is 24.0 Å². The lowest BCUT2D eigenvalue weighted by Gasteiger charge is -2.34. The van der Waals surface area contributed by atoms with E-state index in [2.05, 4.69) is 29.8 Å². The maximum absolute atomic E-state index is 13.2. The van der Waals surface area contributed by atoms with Crippen molar-refractivity contribution < 1.29 is 24.0 Å². The molecular weight excluding hydrogens is 412 g/mol. The molecule has 3 N–H and O–H groups in total. The van der Waals surface area contributed by atoms with Gasteiger partial charge in [-0.2, -0.15) is 0 Å². The SMILES string of the molecule is CCC[C@H](C)CCN(CC=O)C(=O)C(NC(=O)CNC(=O)[C@@H](C)NC(=O)CC)C(C)(C)C. The highest BCUT2D eigenvalue weighted by Crippen LogP contribution is 2.22. The summed E-state index contributed by atoms with van der Waals surface area (Å²) in [6.45, 7) is 13.0. The van der Waals surface area contributed by atoms with Gasteiger partial charge in [0.15, 0.2) is 0 Å². The quantitative estimate of drug-likeness (QED) is 0.342. The van der Waals surface area contributed by atoms with Crippen molar-refractivity contribution in [3.05, 3.63) is 0 Å². The van der Waals surface area contributed by atoms with Crippen molar-refractivity contribution >= 4 is 29.9 Å². The molecule has 0 rings (SSSR count). The van der Waals surface area contributed by atoms with Crippen LogP contribution in [-0.2, 0) is 24.0 Å². The number of nitrogens with zero attached hydrogens (tertiary/aromatic N) is 1. The van der Waals surface area contributed by atoms with Crippen LogP contribution in [-0.4, -0.2) is 66.5 Å². The topological polar surface area (TPSA) is 125 Å². The van der Waals surface area contributed by atoms with Crippen LogP contribution in [0.1, 0.15) is 74.1 Å². The van der Waals surface area contributed by atoms with Crippen LogP contribution in [0.4, 0.5) is 0 Å². The van der Waals surface area contributed by atoms with E-state index in [1.165, 1.54) is 11.8 Å². The highest BCUT2D eigenvalue weighted by atomic mass is 16.2. The maximum Gasteiger partial charge on any atom is 0.246 e. The maximum atomic E-state index is 13.2. The van der Waals surface area contributed by atoms with E-state index in [4.69, 9.17) is 0 Å². The third-order valence-corrected chi connectivity index (χ3v) is 5.21. The number of aldehydes is 1. The molecule has 0 radical (unpaired) electrons. The highest BCUT2D eigenvalue weighted by molar-refractivity contribution is 5.93. The van der Waals surface area contributed by atoms with Gasteiger partial charge in [0, 0.05) is 13.0 Å². The molecule has 3 atom stereocenters. The van der Waals surface area contributed by atoms with E-state index in [0.29, 0.717) is 18.7 Å². The number of carbonyl (C=O) groups is 5. The first kappa shape index (κ1) is 29.5. The van der Waals surface area contributed by atoms with Crippen LogP contribution in [0.25, 0.3) is 0 Å². The summed E-state index contributed by atoms with van der Waals surface area (Å²) in [5.41, 5.74) is -0.602. The largest absolute Gasteiger partial charge is 0.345 e. The number of nitrogens with one attached hydrogen (secondary N) is 3. The third-order valence-electron chi connectivity index (χ3n) is 5.21. The molecule has 0 saturated carbocycles. The van der Waals surface area contributed by atoms with Gasteiger partial charge in [0.2, 0.25) is 23.6 Å². The minimum atomic E-state index is -0.856. The number of hydrogen-bond acceptors (Lipinski definition) is 5. The second kappa shape index (κ2) is 14.6. The normalized spacial score (nSPS) is 14.0. The van der Waals surface area contributed by atoms with E-state index in [0.717, 1.165) is 19.3 Å². The van der Waals surface area contributed by atoms with E-state index >= 15 is 0 Å². The Morgan fingerprint density at radius 3 is 2.09 bits per heavy atom. The molecule has 1 unspecified atom stereocenters. The van der Waals surface area contributed by atoms with Crippen LogP contribution in [0, 0.1) is 11.3 Å². The Morgan fingerprint density at radius 2 is 1.59 bits per heavy atom. The third kappa shape index (κ3) is 11.2. The van der Waals surface area contributed by atoms with Crippen molar-refractivity contribution in [2.45, 2.75) is 86.2 Å². The zero-order valence-corrected chi connectivity index (χ0v) is 20.7. The zero-order chi connectivity index (χ0) is 24.9. The summed E-state index contributed by atoms with van der Waals surface area (Å²) in [4.78, 5) is 61.8. The fraction of sp³-hybridized carbons (Fsp3) is 0.783. The first-order chi connectivity index (χ1) is 14.9. The monoisotopic (exact) mass is 454 g/mol. The smallest absolute Gasteiger partial charge is 0.246 e. The van der Waals surface area contributed by atoms with Crippen molar-refractivity contribution in [3.8, 4) is 0 Å². The molecule has 0 aliphatic carbocycles. The van der Waals surface area contributed by atoms with Crippen LogP contribution in [0.5, 0.6) is 0 Å². The predicted molar refractivity (Wildman–Crippen MR) is 124 cm³/mol. The van der Waals surface area contributed by atoms with Crippen molar-refractivity contribution in [2.75, 3.05) is 19.6 Å². The highest BCUT2D eigenvalue weighted by Gasteiger charge is 2.35. The Balaban J connectivity index is 5.10. The summed E-state index contributed by atoms with van der Waals surface area (Å²) in [6.07, 6.45) is 3.81. The fourth-order valence-electron chi connectivity index (χ4n) is 3.17. The summed E-state index contributed by atoms with van der Waals surface area (Å²) >= 11 is 0. The van der Waals surface area contributed by atoms with Crippen LogP contribution in [0.2, 0.25) is 0 Å². The van der Waals surface area contributed by atoms with Crippen LogP contribution >= 0.6 is 0 Å². The molecular formula is C23H42N4O5. The zero-order valence-electron chi connectivity index (χ0n) is 20.7. The summed E-state index contributed by atoms with van der Waals surface area (Å²) in [7, 11) is 0. The Bertz CT molecular complexity index is 645. The van der Waals surface area contributed by atoms with Crippen LogP contribution < -0.4 is 16.0 Å². The molecule has 0 aromatic carbocycles. The number of amides is 4. The first-order valence-corrected chi connectivity index (χ1v) is 11.5. The van der Waals surface area contributed by atoms with E-state index in [1.807, 2.05) is 20.8 Å². The van der Waals surface area contributed by atoms with Crippen molar-refractivity contribution in [1.82, 2.24) is 20.9 Å². The molecule has 4 amide bonds. The van der Waals surface area contributed by atoms with Gasteiger partial charge in [-0.25, -0.2) is 0 Å². The van der Waals surface area contributed by atoms with Crippen molar-refractivity contribution in [2.24, 2.45) is 11.3 Å². The summed E-state index contributed by atoms with van der Waals surface area (Å²) in [6, 6.07) is -1.63. The second-order valence-electron chi connectivity index (χ2n) is 9.36. The molecule has 0 aliphatic rings. The summed E-state index contributed by atoms with van der Waals surface area (Å²) in [5.74, 6) is -1.18. The molecule has 0 fully saturated rings. The number of hydrogen-bond donors (Lipinski definition) is 3. The lowest BCUT2D eigenvalue weighted by atomic mass is 9.85. The molecule has 0 aromatic heterocycles. The van der Waals surface area contributed by atoms with Crippen molar-refractivity contribution in [3.63, 3.8) is 0 Å². The molecule has 184 valence electrons. The predicted octanol–water partition coefficient (Wildman–Crippen LogP) is 1.40. The van der Waals surface area contributed by atoms with Gasteiger partial charge in [-0.3, -0.25) is 19.2 Å². The van der Waals surface area contributed by atoms with Crippen molar-refractivity contribution in [1.29, 1.82) is 0 Å². The average Bonchev–Trinajstić information content (AvgIpc) is 2.71. The lowest BCUT2D eigenvalue weighted by molar-refractivity contribution is -0.140. The van der Waals surface area contributed by atoms with Gasteiger partial charge in [-0.15, -0.1) is 0 Å². The fourth-order valence-corrected chi connectivity index (χ4v) is 3.17. The van der Waals surface area contributed by atoms with Crippen LogP contribution in [0.3, 0.4) is 0 Å². The Kier molecular flexibility index (Phi) is 13.5. The first-order valence-electron chi connectivity index (χ1n) is 11.5. The van der Waals surface area contributed by atoms with E-state index in [-0.39, 0.29) is 31.3 Å². The standard InChI is InChI=1S/C23H42N4O5/c1-8-10-16(3)11-12-27(13-14-28)22(32)20(23(5,6)7)26-19(30)15-24-21(31)17(4)25-18(29)9-2/h14,16-17,20H,8-13,15H2,1-7H3,(H,24,31)(H,25,29)(H,26,30)/t16-,17+,20?/m0/s1. The molecule has 32 heavy (non-hydrogen) atoms. The summed E-state index contributed by atoms with van der Waals surface area (Å²) < 4.78 is 0. The van der Waals surface area contributed by atoms with E-state index in [1.54, 1.807) is 6.92 Å². The van der Waals surface area contributed by atoms with Gasteiger partial charge in [0.1, 0.15) is 18.4 Å². The van der Waals surface area contributed by atoms with Gasteiger partial charge in [0.05, 0.1) is 13.1 Å². The Hall–Kier alpha value is -2.45. The molecule has 9 nitrogen and oxygen atoms in total. The molecule has 0 spiro atoms. The second-order valence-corrected chi connectivity index (χ2v) is 9.36. The van der Waals surface area contributed by atoms with Gasteiger partial charge in [0.25, 0.3) is 0 Å². The Labute approximate surface area is 192 Å². The molecule has 0 saturated heterocycles. The molecule has 0 heterocycles.